The molecule has 5 rings (SSSR count). The van der Waals surface area contributed by atoms with Crippen LogP contribution >= 0.6 is 0 Å². The van der Waals surface area contributed by atoms with Gasteiger partial charge in [0.15, 0.2) is 0 Å². The van der Waals surface area contributed by atoms with Crippen molar-refractivity contribution in [2.24, 2.45) is 0 Å². The van der Waals surface area contributed by atoms with Crippen LogP contribution in [0.15, 0.2) is 66.2 Å². The van der Waals surface area contributed by atoms with Crippen LogP contribution < -0.4 is 9.64 Å². The Balaban J connectivity index is 1.73. The first-order chi connectivity index (χ1) is 19.2. The molecule has 212 valence electrons. The Morgan fingerprint density at radius 1 is 0.927 bits per heavy atom. The summed E-state index contributed by atoms with van der Waals surface area (Å²) in [6.45, 7) is 14.5. The third-order valence-electron chi connectivity index (χ3n) is 7.67. The molecule has 0 spiro atoms. The third-order valence-corrected chi connectivity index (χ3v) is 7.67. The number of amides is 1. The average Bonchev–Trinajstić information content (AvgIpc) is 3.44. The number of aromatic nitrogens is 2. The molecular formula is C34H37N3O4. The second-order valence-electron chi connectivity index (χ2n) is 12.8. The van der Waals surface area contributed by atoms with Gasteiger partial charge in [0.25, 0.3) is 5.78 Å². The van der Waals surface area contributed by atoms with E-state index < -0.39 is 17.7 Å². The van der Waals surface area contributed by atoms with Crippen LogP contribution in [-0.4, -0.2) is 33.9 Å². The van der Waals surface area contributed by atoms with Gasteiger partial charge in [0, 0.05) is 11.1 Å². The zero-order valence-electron chi connectivity index (χ0n) is 24.9. The van der Waals surface area contributed by atoms with E-state index >= 15 is 0 Å². The number of Topliss-reactive ketones (excluding diaryl/α,β-unsaturated/α-hetero) is 1. The number of ketones is 1. The van der Waals surface area contributed by atoms with E-state index in [-0.39, 0.29) is 28.1 Å². The van der Waals surface area contributed by atoms with Crippen molar-refractivity contribution in [1.29, 1.82) is 0 Å². The second kappa shape index (κ2) is 9.91. The molecule has 1 aliphatic rings. The number of imidazole rings is 1. The maximum absolute atomic E-state index is 13.7. The zero-order valence-corrected chi connectivity index (χ0v) is 24.9. The minimum absolute atomic E-state index is 0.0140. The fourth-order valence-electron chi connectivity index (χ4n) is 5.35. The Kier molecular flexibility index (Phi) is 6.80. The summed E-state index contributed by atoms with van der Waals surface area (Å²) in [6, 6.07) is 18.0. The van der Waals surface area contributed by atoms with Crippen molar-refractivity contribution < 1.29 is 19.4 Å². The summed E-state index contributed by atoms with van der Waals surface area (Å²) < 4.78 is 5.57. The van der Waals surface area contributed by atoms with Crippen LogP contribution in [0.1, 0.15) is 75.4 Å². The van der Waals surface area contributed by atoms with Gasteiger partial charge in [0.05, 0.1) is 29.8 Å². The highest BCUT2D eigenvalue weighted by molar-refractivity contribution is 6.51. The van der Waals surface area contributed by atoms with Gasteiger partial charge in [0.2, 0.25) is 5.95 Å². The summed E-state index contributed by atoms with van der Waals surface area (Å²) in [5.74, 6) is -0.826. The van der Waals surface area contributed by atoms with Crippen molar-refractivity contribution in [2.75, 3.05) is 12.0 Å². The Morgan fingerprint density at radius 2 is 1.61 bits per heavy atom. The fraction of sp³-hybridized carbons (Fsp3) is 0.324. The first kappa shape index (κ1) is 28.1. The molecule has 7 heteroatoms. The molecule has 1 fully saturated rings. The number of benzene rings is 3. The highest BCUT2D eigenvalue weighted by Crippen LogP contribution is 2.43. The highest BCUT2D eigenvalue weighted by atomic mass is 16.5. The van der Waals surface area contributed by atoms with Crippen LogP contribution in [0.25, 0.3) is 16.8 Å². The van der Waals surface area contributed by atoms with Crippen LogP contribution in [0.4, 0.5) is 5.95 Å². The van der Waals surface area contributed by atoms with Gasteiger partial charge in [0.1, 0.15) is 11.5 Å². The van der Waals surface area contributed by atoms with E-state index in [2.05, 4.69) is 30.7 Å². The molecule has 1 unspecified atom stereocenters. The van der Waals surface area contributed by atoms with E-state index in [4.69, 9.17) is 4.74 Å². The lowest BCUT2D eigenvalue weighted by Crippen LogP contribution is -2.30. The van der Waals surface area contributed by atoms with Gasteiger partial charge < -0.3 is 14.8 Å². The lowest BCUT2D eigenvalue weighted by molar-refractivity contribution is -0.132. The van der Waals surface area contributed by atoms with Crippen molar-refractivity contribution in [3.63, 3.8) is 0 Å². The summed E-state index contributed by atoms with van der Waals surface area (Å²) in [7, 11) is 1.60. The molecule has 0 aliphatic carbocycles. The van der Waals surface area contributed by atoms with Crippen LogP contribution in [-0.2, 0) is 20.4 Å². The lowest BCUT2D eigenvalue weighted by Gasteiger charge is -2.25. The molecule has 41 heavy (non-hydrogen) atoms. The molecule has 1 aliphatic heterocycles. The van der Waals surface area contributed by atoms with Gasteiger partial charge in [-0.1, -0.05) is 71.9 Å². The SMILES string of the molecule is COc1ccc(/C(O)=C2\C(=O)C(=O)N(c3nc4ccc(C)cc4[nH]3)C2c2ccc(C(C)(C)C)cc2)cc1C(C)(C)C. The predicted octanol–water partition coefficient (Wildman–Crippen LogP) is 7.10. The van der Waals surface area contributed by atoms with Crippen LogP contribution in [0.2, 0.25) is 0 Å². The van der Waals surface area contributed by atoms with E-state index in [1.807, 2.05) is 76.2 Å². The normalized spacial score (nSPS) is 17.5. The number of anilines is 1. The Labute approximate surface area is 240 Å². The number of hydrogen-bond donors (Lipinski definition) is 2. The van der Waals surface area contributed by atoms with Crippen molar-refractivity contribution in [3.05, 3.63) is 94.1 Å². The summed E-state index contributed by atoms with van der Waals surface area (Å²) in [6.07, 6.45) is 0. The van der Waals surface area contributed by atoms with E-state index in [0.29, 0.717) is 22.4 Å². The number of nitrogens with one attached hydrogen (secondary N) is 1. The van der Waals surface area contributed by atoms with Gasteiger partial charge in [-0.05, 0) is 64.8 Å². The molecule has 3 aromatic carbocycles. The number of H-pyrrole nitrogens is 1. The van der Waals surface area contributed by atoms with Gasteiger partial charge in [-0.25, -0.2) is 4.98 Å². The Bertz CT molecular complexity index is 1700. The number of aryl methyl sites for hydroxylation is 1. The quantitative estimate of drug-likeness (QED) is 0.160. The van der Waals surface area contributed by atoms with E-state index in [9.17, 15) is 14.7 Å². The first-order valence-corrected chi connectivity index (χ1v) is 13.8. The van der Waals surface area contributed by atoms with Crippen LogP contribution in [0.5, 0.6) is 5.75 Å². The number of carbonyl (C=O) groups is 2. The van der Waals surface area contributed by atoms with Crippen LogP contribution in [0.3, 0.4) is 0 Å². The number of aliphatic hydroxyl groups excluding tert-OH is 1. The number of aromatic amines is 1. The second-order valence-corrected chi connectivity index (χ2v) is 12.8. The molecule has 1 aromatic heterocycles. The number of hydrogen-bond acceptors (Lipinski definition) is 5. The number of carbonyl (C=O) groups excluding carboxylic acids is 2. The maximum Gasteiger partial charge on any atom is 0.302 e. The third kappa shape index (κ3) is 5.01. The van der Waals surface area contributed by atoms with Crippen molar-refractivity contribution in [3.8, 4) is 5.75 Å². The molecule has 7 nitrogen and oxygen atoms in total. The number of ether oxygens (including phenoxy) is 1. The fourth-order valence-corrected chi connectivity index (χ4v) is 5.35. The van der Waals surface area contributed by atoms with Crippen molar-refractivity contribution in [1.82, 2.24) is 9.97 Å². The Morgan fingerprint density at radius 3 is 2.22 bits per heavy atom. The van der Waals surface area contributed by atoms with Gasteiger partial charge in [-0.3, -0.25) is 14.5 Å². The predicted molar refractivity (Wildman–Crippen MR) is 162 cm³/mol. The van der Waals surface area contributed by atoms with E-state index in [1.54, 1.807) is 19.2 Å². The maximum atomic E-state index is 13.7. The molecule has 1 atom stereocenters. The van der Waals surface area contributed by atoms with Crippen molar-refractivity contribution in [2.45, 2.75) is 65.3 Å². The summed E-state index contributed by atoms with van der Waals surface area (Å²) in [4.78, 5) is 36.7. The number of rotatable bonds is 4. The minimum Gasteiger partial charge on any atom is -0.507 e. The summed E-state index contributed by atoms with van der Waals surface area (Å²) >= 11 is 0. The lowest BCUT2D eigenvalue weighted by atomic mass is 9.84. The smallest absolute Gasteiger partial charge is 0.302 e. The molecule has 1 amide bonds. The van der Waals surface area contributed by atoms with E-state index in [1.165, 1.54) is 4.90 Å². The molecule has 1 saturated heterocycles. The molecule has 0 radical (unpaired) electrons. The van der Waals surface area contributed by atoms with E-state index in [0.717, 1.165) is 22.2 Å². The first-order valence-electron chi connectivity index (χ1n) is 13.8. The molecule has 4 aromatic rings. The number of aliphatic hydroxyl groups is 1. The zero-order chi connectivity index (χ0) is 29.9. The number of nitrogens with zero attached hydrogens (tertiary/aromatic N) is 2. The number of fused-ring (bicyclic) bond motifs is 1. The molecular weight excluding hydrogens is 514 g/mol. The molecule has 0 saturated carbocycles. The molecule has 2 heterocycles. The van der Waals surface area contributed by atoms with Crippen LogP contribution in [0, 0.1) is 6.92 Å². The van der Waals surface area contributed by atoms with Gasteiger partial charge in [-0.15, -0.1) is 0 Å². The molecule has 2 N–H and O–H groups in total. The summed E-state index contributed by atoms with van der Waals surface area (Å²) in [5, 5.41) is 11.7. The number of methoxy groups -OCH3 is 1. The highest BCUT2D eigenvalue weighted by Gasteiger charge is 2.48. The van der Waals surface area contributed by atoms with Gasteiger partial charge in [-0.2, -0.15) is 0 Å². The minimum atomic E-state index is -0.883. The van der Waals surface area contributed by atoms with Gasteiger partial charge >= 0.3 is 5.91 Å². The van der Waals surface area contributed by atoms with Crippen molar-refractivity contribution >= 4 is 34.4 Å². The molecule has 0 bridgehead atoms. The largest absolute Gasteiger partial charge is 0.507 e. The monoisotopic (exact) mass is 551 g/mol. The topological polar surface area (TPSA) is 95.5 Å². The Hall–Kier alpha value is -4.39. The standard InChI is InChI=1S/C34H37N3O4/c1-19-9-15-24-25(17-19)36-32(35-24)37-28(20-10-13-22(14-11-20)33(2,3)4)27(30(39)31(37)40)29(38)21-12-16-26(41-8)23(18-21)34(5,6)7/h9-18,28,38H,1-8H3,(H,35,36)/b29-27+. The summed E-state index contributed by atoms with van der Waals surface area (Å²) in [5.41, 5.74) is 5.24. The average molecular weight is 552 g/mol.